The van der Waals surface area contributed by atoms with Crippen molar-refractivity contribution in [3.8, 4) is 11.5 Å². The Morgan fingerprint density at radius 2 is 2.05 bits per heavy atom. The van der Waals surface area contributed by atoms with Crippen LogP contribution in [0, 0.1) is 0 Å². The van der Waals surface area contributed by atoms with E-state index in [1.807, 2.05) is 0 Å². The zero-order valence-corrected chi connectivity index (χ0v) is 12.0. The number of benzene rings is 1. The third-order valence-corrected chi connectivity index (χ3v) is 3.40. The van der Waals surface area contributed by atoms with Crippen LogP contribution >= 0.6 is 0 Å². The maximum absolute atomic E-state index is 11.6. The second-order valence-corrected chi connectivity index (χ2v) is 4.78. The van der Waals surface area contributed by atoms with E-state index in [1.165, 1.54) is 7.11 Å². The van der Waals surface area contributed by atoms with Gasteiger partial charge in [-0.2, -0.15) is 0 Å². The fraction of sp³-hybridized carbons (Fsp3) is 0.533. The van der Waals surface area contributed by atoms with Crippen molar-refractivity contribution in [3.05, 3.63) is 23.8 Å². The van der Waals surface area contributed by atoms with Crippen LogP contribution in [0.4, 0.5) is 0 Å². The summed E-state index contributed by atoms with van der Waals surface area (Å²) >= 11 is 0. The van der Waals surface area contributed by atoms with E-state index in [4.69, 9.17) is 14.2 Å². The van der Waals surface area contributed by atoms with E-state index in [0.29, 0.717) is 17.1 Å². The topological polar surface area (TPSA) is 56.8 Å². The quantitative estimate of drug-likeness (QED) is 0.854. The zero-order valence-electron chi connectivity index (χ0n) is 12.0. The normalized spacial score (nSPS) is 19.0. The average Bonchev–Trinajstić information content (AvgIpc) is 2.75. The predicted molar refractivity (Wildman–Crippen MR) is 75.5 cm³/mol. The van der Waals surface area contributed by atoms with Gasteiger partial charge in [0.25, 0.3) is 0 Å². The van der Waals surface area contributed by atoms with Gasteiger partial charge in [0.05, 0.1) is 19.8 Å². The molecule has 1 saturated heterocycles. The molecule has 1 aromatic carbocycles. The van der Waals surface area contributed by atoms with E-state index >= 15 is 0 Å². The van der Waals surface area contributed by atoms with Gasteiger partial charge in [-0.1, -0.05) is 0 Å². The highest BCUT2D eigenvalue weighted by atomic mass is 16.5. The summed E-state index contributed by atoms with van der Waals surface area (Å²) in [6.07, 6.45) is 3.18. The molecule has 0 spiro atoms. The van der Waals surface area contributed by atoms with E-state index in [1.54, 1.807) is 25.3 Å². The van der Waals surface area contributed by atoms with Crippen LogP contribution in [-0.4, -0.2) is 39.4 Å². The molecule has 0 aromatic heterocycles. The number of methoxy groups -OCH3 is 2. The van der Waals surface area contributed by atoms with Crippen molar-refractivity contribution in [2.45, 2.75) is 25.4 Å². The molecular weight excluding hydrogens is 258 g/mol. The molecule has 0 saturated carbocycles. The number of nitrogens with one attached hydrogen (secondary N) is 1. The van der Waals surface area contributed by atoms with E-state index in [0.717, 1.165) is 32.4 Å². The third kappa shape index (κ3) is 3.63. The standard InChI is InChI=1S/C15H21NO4/c1-18-13-6-5-11(15(17)19-2)10-14(13)20-12-4-3-8-16-9-7-12/h5-6,10,12,16H,3-4,7-9H2,1-2H3. The molecule has 1 N–H and O–H groups in total. The number of carbonyl (C=O) groups excluding carboxylic acids is 1. The second kappa shape index (κ2) is 7.14. The summed E-state index contributed by atoms with van der Waals surface area (Å²) in [5.41, 5.74) is 0.468. The minimum Gasteiger partial charge on any atom is -0.493 e. The first kappa shape index (κ1) is 14.7. The van der Waals surface area contributed by atoms with Gasteiger partial charge >= 0.3 is 5.97 Å². The number of carbonyl (C=O) groups is 1. The SMILES string of the molecule is COC(=O)c1ccc(OC)c(OC2CCCNCC2)c1. The van der Waals surface area contributed by atoms with Gasteiger partial charge < -0.3 is 19.5 Å². The minimum absolute atomic E-state index is 0.145. The molecule has 0 bridgehead atoms. The lowest BCUT2D eigenvalue weighted by molar-refractivity contribution is 0.0599. The van der Waals surface area contributed by atoms with Crippen LogP contribution in [0.1, 0.15) is 29.6 Å². The van der Waals surface area contributed by atoms with Crippen LogP contribution in [0.15, 0.2) is 18.2 Å². The molecule has 1 atom stereocenters. The van der Waals surface area contributed by atoms with E-state index in [2.05, 4.69) is 5.32 Å². The first-order valence-electron chi connectivity index (χ1n) is 6.88. The minimum atomic E-state index is -0.375. The highest BCUT2D eigenvalue weighted by Gasteiger charge is 2.17. The van der Waals surface area contributed by atoms with Crippen molar-refractivity contribution in [3.63, 3.8) is 0 Å². The summed E-state index contributed by atoms with van der Waals surface area (Å²) < 4.78 is 16.0. The van der Waals surface area contributed by atoms with Crippen molar-refractivity contribution < 1.29 is 19.0 Å². The van der Waals surface area contributed by atoms with Gasteiger partial charge in [0.15, 0.2) is 11.5 Å². The van der Waals surface area contributed by atoms with Gasteiger partial charge in [-0.05, 0) is 50.6 Å². The number of ether oxygens (including phenoxy) is 3. The maximum atomic E-state index is 11.6. The Morgan fingerprint density at radius 3 is 2.80 bits per heavy atom. The van der Waals surface area contributed by atoms with Gasteiger partial charge in [0.1, 0.15) is 6.10 Å². The predicted octanol–water partition coefficient (Wildman–Crippen LogP) is 2.00. The molecule has 1 heterocycles. The molecule has 110 valence electrons. The molecule has 0 amide bonds. The van der Waals surface area contributed by atoms with E-state index in [9.17, 15) is 4.79 Å². The van der Waals surface area contributed by atoms with Gasteiger partial charge in [-0.25, -0.2) is 4.79 Å². The lowest BCUT2D eigenvalue weighted by Gasteiger charge is -2.19. The van der Waals surface area contributed by atoms with Crippen LogP contribution < -0.4 is 14.8 Å². The van der Waals surface area contributed by atoms with Crippen molar-refractivity contribution in [1.82, 2.24) is 5.32 Å². The summed E-state index contributed by atoms with van der Waals surface area (Å²) in [5.74, 6) is 0.859. The van der Waals surface area contributed by atoms with Gasteiger partial charge in [0, 0.05) is 0 Å². The maximum Gasteiger partial charge on any atom is 0.337 e. The molecule has 5 heteroatoms. The number of esters is 1. The molecule has 20 heavy (non-hydrogen) atoms. The monoisotopic (exact) mass is 279 g/mol. The van der Waals surface area contributed by atoms with Gasteiger partial charge in [0.2, 0.25) is 0 Å². The number of rotatable bonds is 4. The second-order valence-electron chi connectivity index (χ2n) is 4.78. The van der Waals surface area contributed by atoms with Crippen molar-refractivity contribution in [2.75, 3.05) is 27.3 Å². The number of hydrogen-bond acceptors (Lipinski definition) is 5. The molecule has 1 fully saturated rings. The third-order valence-electron chi connectivity index (χ3n) is 3.40. The molecule has 1 aliphatic heterocycles. The van der Waals surface area contributed by atoms with Crippen LogP contribution in [0.2, 0.25) is 0 Å². The molecule has 2 rings (SSSR count). The fourth-order valence-corrected chi connectivity index (χ4v) is 2.30. The Labute approximate surface area is 119 Å². The number of hydrogen-bond donors (Lipinski definition) is 1. The van der Waals surface area contributed by atoms with Crippen LogP contribution in [-0.2, 0) is 4.74 Å². The Balaban J connectivity index is 2.16. The summed E-state index contributed by atoms with van der Waals surface area (Å²) in [4.78, 5) is 11.6. The van der Waals surface area contributed by atoms with Crippen LogP contribution in [0.3, 0.4) is 0 Å². The molecule has 1 aliphatic rings. The molecule has 0 radical (unpaired) electrons. The lowest BCUT2D eigenvalue weighted by atomic mass is 10.1. The largest absolute Gasteiger partial charge is 0.493 e. The van der Waals surface area contributed by atoms with E-state index < -0.39 is 0 Å². The van der Waals surface area contributed by atoms with Crippen molar-refractivity contribution in [2.24, 2.45) is 0 Å². The smallest absolute Gasteiger partial charge is 0.337 e. The first-order valence-corrected chi connectivity index (χ1v) is 6.88. The average molecular weight is 279 g/mol. The highest BCUT2D eigenvalue weighted by Crippen LogP contribution is 2.30. The molecule has 1 aromatic rings. The Morgan fingerprint density at radius 1 is 1.20 bits per heavy atom. The summed E-state index contributed by atoms with van der Waals surface area (Å²) in [7, 11) is 2.96. The first-order chi connectivity index (χ1) is 9.74. The summed E-state index contributed by atoms with van der Waals surface area (Å²) in [6, 6.07) is 5.09. The van der Waals surface area contributed by atoms with Crippen molar-refractivity contribution >= 4 is 5.97 Å². The van der Waals surface area contributed by atoms with Gasteiger partial charge in [-0.15, -0.1) is 0 Å². The fourth-order valence-electron chi connectivity index (χ4n) is 2.30. The lowest BCUT2D eigenvalue weighted by Crippen LogP contribution is -2.19. The molecule has 0 aliphatic carbocycles. The van der Waals surface area contributed by atoms with Gasteiger partial charge in [-0.3, -0.25) is 0 Å². The molecule has 1 unspecified atom stereocenters. The highest BCUT2D eigenvalue weighted by molar-refractivity contribution is 5.90. The van der Waals surface area contributed by atoms with Crippen LogP contribution in [0.25, 0.3) is 0 Å². The van der Waals surface area contributed by atoms with Crippen molar-refractivity contribution in [1.29, 1.82) is 0 Å². The summed E-state index contributed by atoms with van der Waals surface area (Å²) in [6.45, 7) is 1.98. The Kier molecular flexibility index (Phi) is 5.24. The molecular formula is C15H21NO4. The Hall–Kier alpha value is -1.75. The Bertz CT molecular complexity index is 453. The van der Waals surface area contributed by atoms with Crippen LogP contribution in [0.5, 0.6) is 11.5 Å². The zero-order chi connectivity index (χ0) is 14.4. The molecule has 5 nitrogen and oxygen atoms in total. The van der Waals surface area contributed by atoms with E-state index in [-0.39, 0.29) is 12.1 Å². The summed E-state index contributed by atoms with van der Waals surface area (Å²) in [5, 5.41) is 3.34.